The first kappa shape index (κ1) is 16.4. The molecule has 0 aliphatic heterocycles. The van der Waals surface area contributed by atoms with E-state index in [1.807, 2.05) is 23.9 Å². The van der Waals surface area contributed by atoms with E-state index in [-0.39, 0.29) is 0 Å². The lowest BCUT2D eigenvalue weighted by Crippen LogP contribution is -2.23. The molecule has 0 spiro atoms. The Labute approximate surface area is 137 Å². The highest BCUT2D eigenvalue weighted by atomic mass is 35.5. The van der Waals surface area contributed by atoms with Gasteiger partial charge in [-0.2, -0.15) is 0 Å². The minimum Gasteiger partial charge on any atom is -0.309 e. The third-order valence-corrected chi connectivity index (χ3v) is 4.62. The van der Waals surface area contributed by atoms with Gasteiger partial charge in [0.25, 0.3) is 0 Å². The fourth-order valence-electron chi connectivity index (χ4n) is 2.29. The largest absolute Gasteiger partial charge is 0.309 e. The molecule has 0 aromatic heterocycles. The molecule has 0 radical (unpaired) electrons. The van der Waals surface area contributed by atoms with E-state index in [0.29, 0.717) is 6.04 Å². The van der Waals surface area contributed by atoms with Crippen molar-refractivity contribution < 1.29 is 0 Å². The molecule has 2 aromatic carbocycles. The van der Waals surface area contributed by atoms with Crippen LogP contribution in [-0.2, 0) is 0 Å². The SMILES string of the molecule is CCCC(NCCSc1ccccc1)c1ccc(Cl)cc1. The highest BCUT2D eigenvalue weighted by Gasteiger charge is 2.09. The van der Waals surface area contributed by atoms with Gasteiger partial charge in [0.15, 0.2) is 0 Å². The first-order chi connectivity index (χ1) is 10.3. The average molecular weight is 320 g/mol. The van der Waals surface area contributed by atoms with Crippen LogP contribution in [0.4, 0.5) is 0 Å². The zero-order chi connectivity index (χ0) is 14.9. The highest BCUT2D eigenvalue weighted by Crippen LogP contribution is 2.21. The van der Waals surface area contributed by atoms with Gasteiger partial charge in [-0.15, -0.1) is 11.8 Å². The van der Waals surface area contributed by atoms with Gasteiger partial charge in [-0.1, -0.05) is 55.3 Å². The number of thioether (sulfide) groups is 1. The Balaban J connectivity index is 1.81. The lowest BCUT2D eigenvalue weighted by molar-refractivity contribution is 0.511. The standard InChI is InChI=1S/C18H22ClNS/c1-2-6-18(15-9-11-16(19)12-10-15)20-13-14-21-17-7-4-3-5-8-17/h3-5,7-12,18,20H,2,6,13-14H2,1H3. The maximum Gasteiger partial charge on any atom is 0.0406 e. The van der Waals surface area contributed by atoms with E-state index in [0.717, 1.165) is 23.7 Å². The molecule has 3 heteroatoms. The predicted octanol–water partition coefficient (Wildman–Crippen LogP) is 5.56. The molecular weight excluding hydrogens is 298 g/mol. The lowest BCUT2D eigenvalue weighted by atomic mass is 10.0. The van der Waals surface area contributed by atoms with Crippen LogP contribution in [0.2, 0.25) is 5.02 Å². The third kappa shape index (κ3) is 5.74. The van der Waals surface area contributed by atoms with Crippen molar-refractivity contribution in [3.63, 3.8) is 0 Å². The Morgan fingerprint density at radius 3 is 2.43 bits per heavy atom. The maximum absolute atomic E-state index is 5.96. The molecule has 1 atom stereocenters. The van der Waals surface area contributed by atoms with Crippen molar-refractivity contribution in [3.05, 3.63) is 65.2 Å². The second-order valence-electron chi connectivity index (χ2n) is 5.01. The summed E-state index contributed by atoms with van der Waals surface area (Å²) in [6.07, 6.45) is 2.32. The molecule has 1 nitrogen and oxygen atoms in total. The summed E-state index contributed by atoms with van der Waals surface area (Å²) in [4.78, 5) is 1.33. The summed E-state index contributed by atoms with van der Waals surface area (Å²) >= 11 is 7.86. The second-order valence-corrected chi connectivity index (χ2v) is 6.61. The molecule has 0 heterocycles. The monoisotopic (exact) mass is 319 g/mol. The highest BCUT2D eigenvalue weighted by molar-refractivity contribution is 7.99. The Kier molecular flexibility index (Phi) is 7.14. The molecule has 0 fully saturated rings. The average Bonchev–Trinajstić information content (AvgIpc) is 2.52. The van der Waals surface area contributed by atoms with Gasteiger partial charge in [-0.05, 0) is 36.2 Å². The van der Waals surface area contributed by atoms with Crippen LogP contribution in [0.1, 0.15) is 31.4 Å². The molecule has 0 saturated carbocycles. The summed E-state index contributed by atoms with van der Waals surface area (Å²) in [6.45, 7) is 3.23. The van der Waals surface area contributed by atoms with Crippen LogP contribution in [0.25, 0.3) is 0 Å². The molecule has 0 saturated heterocycles. The summed E-state index contributed by atoms with van der Waals surface area (Å²) in [5.74, 6) is 1.08. The lowest BCUT2D eigenvalue weighted by Gasteiger charge is -2.18. The van der Waals surface area contributed by atoms with Crippen LogP contribution in [-0.4, -0.2) is 12.3 Å². The number of hydrogen-bond acceptors (Lipinski definition) is 2. The molecule has 1 unspecified atom stereocenters. The number of nitrogens with one attached hydrogen (secondary N) is 1. The molecule has 21 heavy (non-hydrogen) atoms. The smallest absolute Gasteiger partial charge is 0.0406 e. The first-order valence-electron chi connectivity index (χ1n) is 7.46. The molecule has 1 N–H and O–H groups in total. The molecule has 112 valence electrons. The molecule has 2 rings (SSSR count). The maximum atomic E-state index is 5.96. The van der Waals surface area contributed by atoms with E-state index in [1.165, 1.54) is 16.9 Å². The van der Waals surface area contributed by atoms with Gasteiger partial charge in [-0.25, -0.2) is 0 Å². The van der Waals surface area contributed by atoms with Crippen LogP contribution >= 0.6 is 23.4 Å². The zero-order valence-electron chi connectivity index (χ0n) is 12.4. The topological polar surface area (TPSA) is 12.0 Å². The van der Waals surface area contributed by atoms with Crippen LogP contribution in [0.5, 0.6) is 0 Å². The van der Waals surface area contributed by atoms with Gasteiger partial charge in [-0.3, -0.25) is 0 Å². The third-order valence-electron chi connectivity index (χ3n) is 3.35. The van der Waals surface area contributed by atoms with Gasteiger partial charge >= 0.3 is 0 Å². The van der Waals surface area contributed by atoms with Crippen LogP contribution in [0.3, 0.4) is 0 Å². The van der Waals surface area contributed by atoms with Crippen molar-refractivity contribution in [2.24, 2.45) is 0 Å². The van der Waals surface area contributed by atoms with E-state index in [1.54, 1.807) is 0 Å². The zero-order valence-corrected chi connectivity index (χ0v) is 14.0. The fraction of sp³-hybridized carbons (Fsp3) is 0.333. The predicted molar refractivity (Wildman–Crippen MR) is 94.3 cm³/mol. The summed E-state index contributed by atoms with van der Waals surface area (Å²) in [5, 5.41) is 4.46. The molecule has 0 aliphatic carbocycles. The van der Waals surface area contributed by atoms with Gasteiger partial charge in [0.05, 0.1) is 0 Å². The molecular formula is C18H22ClNS. The Bertz CT molecular complexity index is 513. The Morgan fingerprint density at radius 2 is 1.76 bits per heavy atom. The number of halogens is 1. The van der Waals surface area contributed by atoms with E-state index in [9.17, 15) is 0 Å². The normalized spacial score (nSPS) is 12.3. The van der Waals surface area contributed by atoms with Gasteiger partial charge in [0, 0.05) is 28.3 Å². The van der Waals surface area contributed by atoms with Crippen molar-refractivity contribution in [3.8, 4) is 0 Å². The summed E-state index contributed by atoms with van der Waals surface area (Å²) in [7, 11) is 0. The summed E-state index contributed by atoms with van der Waals surface area (Å²) in [6, 6.07) is 19.2. The summed E-state index contributed by atoms with van der Waals surface area (Å²) < 4.78 is 0. The van der Waals surface area contributed by atoms with Gasteiger partial charge < -0.3 is 5.32 Å². The molecule has 2 aromatic rings. The molecule has 0 aliphatic rings. The Hall–Kier alpha value is -0.960. The van der Waals surface area contributed by atoms with E-state index in [4.69, 9.17) is 11.6 Å². The van der Waals surface area contributed by atoms with Crippen LogP contribution < -0.4 is 5.32 Å². The van der Waals surface area contributed by atoms with Gasteiger partial charge in [0.2, 0.25) is 0 Å². The van der Waals surface area contributed by atoms with Crippen molar-refractivity contribution in [1.29, 1.82) is 0 Å². The van der Waals surface area contributed by atoms with Crippen LogP contribution in [0.15, 0.2) is 59.5 Å². The minimum absolute atomic E-state index is 0.420. The second kappa shape index (κ2) is 9.14. The van der Waals surface area contributed by atoms with E-state index < -0.39 is 0 Å². The van der Waals surface area contributed by atoms with Crippen molar-refractivity contribution in [2.75, 3.05) is 12.3 Å². The number of rotatable bonds is 8. The first-order valence-corrected chi connectivity index (χ1v) is 8.82. The molecule has 0 bridgehead atoms. The fourth-order valence-corrected chi connectivity index (χ4v) is 3.22. The molecule has 0 amide bonds. The van der Waals surface area contributed by atoms with E-state index in [2.05, 4.69) is 54.7 Å². The number of benzene rings is 2. The van der Waals surface area contributed by atoms with Crippen molar-refractivity contribution in [2.45, 2.75) is 30.7 Å². The van der Waals surface area contributed by atoms with Crippen LogP contribution in [0, 0.1) is 0 Å². The quantitative estimate of drug-likeness (QED) is 0.504. The number of hydrogen-bond donors (Lipinski definition) is 1. The van der Waals surface area contributed by atoms with Crippen molar-refractivity contribution >= 4 is 23.4 Å². The van der Waals surface area contributed by atoms with Gasteiger partial charge in [0.1, 0.15) is 0 Å². The summed E-state index contributed by atoms with van der Waals surface area (Å²) in [5.41, 5.74) is 1.32. The Morgan fingerprint density at radius 1 is 1.05 bits per heavy atom. The van der Waals surface area contributed by atoms with Crippen molar-refractivity contribution in [1.82, 2.24) is 5.32 Å². The minimum atomic E-state index is 0.420. The van der Waals surface area contributed by atoms with E-state index >= 15 is 0 Å².